The minimum atomic E-state index is -2.05. The molecule has 3 rings (SSSR count). The highest BCUT2D eigenvalue weighted by atomic mass is 32.1. The van der Waals surface area contributed by atoms with Crippen LogP contribution in [0.15, 0.2) is 54.6 Å². The minimum Gasteiger partial charge on any atom is -0.394 e. The maximum atomic E-state index is 13.2. The third-order valence-corrected chi connectivity index (χ3v) is 6.59. The summed E-state index contributed by atoms with van der Waals surface area (Å²) in [5.41, 5.74) is 1.87. The van der Waals surface area contributed by atoms with Crippen LogP contribution >= 0.6 is 11.3 Å². The monoisotopic (exact) mass is 476 g/mol. The van der Waals surface area contributed by atoms with Gasteiger partial charge in [-0.2, -0.15) is 0 Å². The van der Waals surface area contributed by atoms with Gasteiger partial charge in [0.2, 0.25) is 0 Å². The van der Waals surface area contributed by atoms with Crippen molar-refractivity contribution in [3.05, 3.63) is 82.0 Å². The highest BCUT2D eigenvalue weighted by Crippen LogP contribution is 2.35. The summed E-state index contributed by atoms with van der Waals surface area (Å²) in [6.45, 7) is 0.884. The molecule has 0 spiro atoms. The second kappa shape index (κ2) is 10.6. The van der Waals surface area contributed by atoms with Crippen molar-refractivity contribution in [1.29, 1.82) is 0 Å². The lowest BCUT2D eigenvalue weighted by Crippen LogP contribution is -2.48. The van der Waals surface area contributed by atoms with Crippen LogP contribution in [0.5, 0.6) is 0 Å². The van der Waals surface area contributed by atoms with E-state index in [0.717, 1.165) is 10.4 Å². The molecule has 2 aromatic carbocycles. The molecular formula is C24H25FO7S. The van der Waals surface area contributed by atoms with Crippen LogP contribution in [0.25, 0.3) is 10.4 Å². The summed E-state index contributed by atoms with van der Waals surface area (Å²) in [4.78, 5) is 14.1. The first-order valence-electron chi connectivity index (χ1n) is 10.2. The quantitative estimate of drug-likeness (QED) is 0.258. The number of halogens is 1. The van der Waals surface area contributed by atoms with Crippen LogP contribution in [0.2, 0.25) is 0 Å². The molecule has 0 bridgehead atoms. The van der Waals surface area contributed by atoms with E-state index in [1.807, 2.05) is 0 Å². The van der Waals surface area contributed by atoms with Gasteiger partial charge in [0, 0.05) is 15.3 Å². The smallest absolute Gasteiger partial charge is 0.194 e. The summed E-state index contributed by atoms with van der Waals surface area (Å²) >= 11 is 1.31. The number of rotatable bonds is 9. The van der Waals surface area contributed by atoms with Crippen molar-refractivity contribution in [1.82, 2.24) is 0 Å². The number of aliphatic hydroxyl groups is 6. The number of carbonyl (C=O) groups is 1. The SMILES string of the molecule is Cc1ccc(C(=O)[C@H](O)[C@@H](O)[C@H](O)[C@H](O)CO)cc1C(O)c1ccc(-c2ccc(F)cc2)s1. The second-order valence-electron chi connectivity index (χ2n) is 7.72. The summed E-state index contributed by atoms with van der Waals surface area (Å²) < 4.78 is 13.2. The first kappa shape index (κ1) is 25.1. The maximum Gasteiger partial charge on any atom is 0.194 e. The fraction of sp³-hybridized carbons (Fsp3) is 0.292. The van der Waals surface area contributed by atoms with Crippen molar-refractivity contribution in [2.75, 3.05) is 6.61 Å². The van der Waals surface area contributed by atoms with E-state index in [2.05, 4.69) is 0 Å². The van der Waals surface area contributed by atoms with Gasteiger partial charge in [0.15, 0.2) is 5.78 Å². The molecule has 33 heavy (non-hydrogen) atoms. The molecule has 0 amide bonds. The number of aryl methyl sites for hydroxylation is 1. The van der Waals surface area contributed by atoms with E-state index < -0.39 is 42.9 Å². The van der Waals surface area contributed by atoms with Crippen LogP contribution in [0.1, 0.15) is 32.5 Å². The molecule has 0 saturated carbocycles. The molecule has 5 atom stereocenters. The number of hydrogen-bond donors (Lipinski definition) is 6. The average Bonchev–Trinajstić information content (AvgIpc) is 3.32. The Morgan fingerprint density at radius 1 is 0.939 bits per heavy atom. The maximum absolute atomic E-state index is 13.2. The van der Waals surface area contributed by atoms with Gasteiger partial charge in [-0.25, -0.2) is 4.39 Å². The highest BCUT2D eigenvalue weighted by molar-refractivity contribution is 7.15. The number of ketones is 1. The van der Waals surface area contributed by atoms with Crippen LogP contribution in [-0.4, -0.2) is 67.4 Å². The fourth-order valence-corrected chi connectivity index (χ4v) is 4.38. The Morgan fingerprint density at radius 2 is 1.61 bits per heavy atom. The summed E-state index contributed by atoms with van der Waals surface area (Å²) in [5, 5.41) is 59.2. The van der Waals surface area contributed by atoms with Gasteiger partial charge in [-0.3, -0.25) is 4.79 Å². The van der Waals surface area contributed by atoms with Crippen LogP contribution in [0, 0.1) is 12.7 Å². The third-order valence-electron chi connectivity index (χ3n) is 5.41. The molecular weight excluding hydrogens is 451 g/mol. The Hall–Kier alpha value is -2.50. The van der Waals surface area contributed by atoms with Gasteiger partial charge in [-0.1, -0.05) is 24.3 Å². The lowest BCUT2D eigenvalue weighted by atomic mass is 9.93. The topological polar surface area (TPSA) is 138 Å². The zero-order valence-corrected chi connectivity index (χ0v) is 18.5. The molecule has 0 radical (unpaired) electrons. The van der Waals surface area contributed by atoms with E-state index >= 15 is 0 Å². The van der Waals surface area contributed by atoms with E-state index in [9.17, 15) is 34.7 Å². The summed E-state index contributed by atoms with van der Waals surface area (Å²) in [6.07, 6.45) is -8.82. The van der Waals surface area contributed by atoms with E-state index in [-0.39, 0.29) is 11.4 Å². The number of thiophene rings is 1. The Bertz CT molecular complexity index is 1100. The average molecular weight is 477 g/mol. The summed E-state index contributed by atoms with van der Waals surface area (Å²) in [6, 6.07) is 13.9. The molecule has 0 aliphatic rings. The van der Waals surface area contributed by atoms with E-state index in [0.29, 0.717) is 16.0 Å². The van der Waals surface area contributed by atoms with Gasteiger partial charge < -0.3 is 30.6 Å². The Morgan fingerprint density at radius 3 is 2.24 bits per heavy atom. The molecule has 6 N–H and O–H groups in total. The van der Waals surface area contributed by atoms with Gasteiger partial charge in [0.05, 0.1) is 6.61 Å². The zero-order chi connectivity index (χ0) is 24.3. The van der Waals surface area contributed by atoms with Crippen LogP contribution in [-0.2, 0) is 0 Å². The molecule has 0 saturated heterocycles. The van der Waals surface area contributed by atoms with Gasteiger partial charge in [-0.05, 0) is 53.9 Å². The van der Waals surface area contributed by atoms with Gasteiger partial charge in [-0.15, -0.1) is 11.3 Å². The first-order valence-corrected chi connectivity index (χ1v) is 11.0. The predicted molar refractivity (Wildman–Crippen MR) is 120 cm³/mol. The number of carbonyl (C=O) groups excluding carboxylic acids is 1. The van der Waals surface area contributed by atoms with Crippen LogP contribution in [0.3, 0.4) is 0 Å². The molecule has 1 aromatic heterocycles. The van der Waals surface area contributed by atoms with E-state index in [4.69, 9.17) is 5.11 Å². The predicted octanol–water partition coefficient (Wildman–Crippen LogP) is 1.56. The lowest BCUT2D eigenvalue weighted by Gasteiger charge is -2.25. The molecule has 7 nitrogen and oxygen atoms in total. The second-order valence-corrected chi connectivity index (χ2v) is 8.84. The van der Waals surface area contributed by atoms with Crippen molar-refractivity contribution in [2.24, 2.45) is 0 Å². The van der Waals surface area contributed by atoms with Crippen molar-refractivity contribution in [3.63, 3.8) is 0 Å². The summed E-state index contributed by atoms with van der Waals surface area (Å²) in [7, 11) is 0. The van der Waals surface area contributed by atoms with Crippen LogP contribution < -0.4 is 0 Å². The lowest BCUT2D eigenvalue weighted by molar-refractivity contribution is -0.105. The van der Waals surface area contributed by atoms with Gasteiger partial charge in [0.1, 0.15) is 36.3 Å². The molecule has 1 heterocycles. The van der Waals surface area contributed by atoms with Crippen molar-refractivity contribution >= 4 is 17.1 Å². The molecule has 3 aromatic rings. The van der Waals surface area contributed by atoms with E-state index in [1.54, 1.807) is 37.3 Å². The largest absolute Gasteiger partial charge is 0.394 e. The molecule has 0 aliphatic heterocycles. The van der Waals surface area contributed by atoms with Crippen molar-refractivity contribution in [2.45, 2.75) is 37.4 Å². The molecule has 9 heteroatoms. The Balaban J connectivity index is 1.84. The van der Waals surface area contributed by atoms with Crippen LogP contribution in [0.4, 0.5) is 4.39 Å². The Kier molecular flexibility index (Phi) is 8.09. The Labute approximate surface area is 193 Å². The molecule has 1 unspecified atom stereocenters. The standard InChI is InChI=1S/C24H25FO7S/c1-12-2-3-14(20(28)23(31)24(32)22(30)17(27)11-26)10-16(12)21(29)19-9-8-18(33-19)13-4-6-15(25)7-5-13/h2-10,17,21-24,26-27,29-32H,11H2,1H3/t17-,21?,22-,23+,24+/m1/s1. The normalized spacial score (nSPS) is 16.1. The van der Waals surface area contributed by atoms with E-state index in [1.165, 1.54) is 35.6 Å². The van der Waals surface area contributed by atoms with Crippen molar-refractivity contribution < 1.29 is 39.8 Å². The molecule has 0 fully saturated rings. The fourth-order valence-electron chi connectivity index (χ4n) is 3.36. The molecule has 0 aliphatic carbocycles. The van der Waals surface area contributed by atoms with Gasteiger partial charge >= 0.3 is 0 Å². The highest BCUT2D eigenvalue weighted by Gasteiger charge is 2.34. The first-order chi connectivity index (χ1) is 15.6. The number of hydrogen-bond acceptors (Lipinski definition) is 8. The minimum absolute atomic E-state index is 0.0118. The third kappa shape index (κ3) is 5.53. The van der Waals surface area contributed by atoms with Gasteiger partial charge in [0.25, 0.3) is 0 Å². The zero-order valence-electron chi connectivity index (χ0n) is 17.7. The molecule has 176 valence electrons. The number of Topliss-reactive ketones (excluding diaryl/α,β-unsaturated/α-hetero) is 1. The number of aliphatic hydroxyl groups excluding tert-OH is 6. The summed E-state index contributed by atoms with van der Waals surface area (Å²) in [5.74, 6) is -1.27. The van der Waals surface area contributed by atoms with Crippen molar-refractivity contribution in [3.8, 4) is 10.4 Å². The number of benzene rings is 2.